The Bertz CT molecular complexity index is 517. The van der Waals surface area contributed by atoms with Gasteiger partial charge in [-0.3, -0.25) is 4.79 Å². The first kappa shape index (κ1) is 16.8. The number of carbonyl (C=O) groups excluding carboxylic acids is 1. The Morgan fingerprint density at radius 3 is 2.86 bits per heavy atom. The van der Waals surface area contributed by atoms with Crippen LogP contribution in [0.1, 0.15) is 18.9 Å². The minimum absolute atomic E-state index is 0.0762. The monoisotopic (exact) mass is 307 g/mol. The molecule has 1 aliphatic heterocycles. The van der Waals surface area contributed by atoms with Crippen LogP contribution in [-0.2, 0) is 19.9 Å². The van der Waals surface area contributed by atoms with Crippen LogP contribution in [0.25, 0.3) is 0 Å². The minimum Gasteiger partial charge on any atom is -0.497 e. The smallest absolute Gasteiger partial charge is 0.303 e. The average Bonchev–Trinajstić information content (AvgIpc) is 2.48. The standard InChI is InChI=1S/C17H25NO4/c1-13(19)22-17(14-6-5-7-16(10-14)20-4)8-9-21-12-15(17)11-18(2)3/h5-7,10,15H,8-9,11-12H2,1-4H3/t15-,17+/m1/s1. The number of rotatable bonds is 5. The lowest BCUT2D eigenvalue weighted by molar-refractivity contribution is -0.184. The first-order valence-corrected chi connectivity index (χ1v) is 7.54. The Morgan fingerprint density at radius 2 is 2.23 bits per heavy atom. The molecule has 22 heavy (non-hydrogen) atoms. The average molecular weight is 307 g/mol. The largest absolute Gasteiger partial charge is 0.497 e. The topological polar surface area (TPSA) is 48.0 Å². The van der Waals surface area contributed by atoms with Crippen LogP contribution < -0.4 is 4.74 Å². The zero-order valence-electron chi connectivity index (χ0n) is 13.8. The zero-order chi connectivity index (χ0) is 16.2. The second kappa shape index (κ2) is 7.11. The Balaban J connectivity index is 2.45. The summed E-state index contributed by atoms with van der Waals surface area (Å²) in [5.74, 6) is 0.569. The van der Waals surface area contributed by atoms with Gasteiger partial charge in [0.05, 0.1) is 20.3 Å². The van der Waals surface area contributed by atoms with Gasteiger partial charge in [0.15, 0.2) is 0 Å². The Morgan fingerprint density at radius 1 is 1.45 bits per heavy atom. The summed E-state index contributed by atoms with van der Waals surface area (Å²) in [4.78, 5) is 13.9. The minimum atomic E-state index is -0.664. The summed E-state index contributed by atoms with van der Waals surface area (Å²) < 4.78 is 16.9. The second-order valence-electron chi connectivity index (χ2n) is 6.00. The van der Waals surface area contributed by atoms with Crippen LogP contribution in [0.2, 0.25) is 0 Å². The van der Waals surface area contributed by atoms with Gasteiger partial charge in [0, 0.05) is 25.8 Å². The molecular weight excluding hydrogens is 282 g/mol. The predicted molar refractivity (Wildman–Crippen MR) is 83.9 cm³/mol. The van der Waals surface area contributed by atoms with Crippen LogP contribution in [0, 0.1) is 5.92 Å². The molecule has 1 fully saturated rings. The van der Waals surface area contributed by atoms with Crippen molar-refractivity contribution in [3.8, 4) is 5.75 Å². The van der Waals surface area contributed by atoms with E-state index in [1.807, 2.05) is 38.4 Å². The molecule has 0 aromatic heterocycles. The third-order valence-electron chi connectivity index (χ3n) is 4.07. The quantitative estimate of drug-likeness (QED) is 0.779. The normalized spacial score (nSPS) is 25.0. The van der Waals surface area contributed by atoms with Crippen molar-refractivity contribution in [2.75, 3.05) is 41.0 Å². The van der Waals surface area contributed by atoms with Gasteiger partial charge in [-0.15, -0.1) is 0 Å². The molecule has 5 nitrogen and oxygen atoms in total. The zero-order valence-corrected chi connectivity index (χ0v) is 13.8. The number of benzene rings is 1. The molecule has 122 valence electrons. The fraction of sp³-hybridized carbons (Fsp3) is 0.588. The summed E-state index contributed by atoms with van der Waals surface area (Å²) in [5, 5.41) is 0. The number of nitrogens with zero attached hydrogens (tertiary/aromatic N) is 1. The van der Waals surface area contributed by atoms with Crippen LogP contribution in [0.4, 0.5) is 0 Å². The first-order chi connectivity index (χ1) is 10.5. The molecule has 2 atom stereocenters. The Hall–Kier alpha value is -1.59. The van der Waals surface area contributed by atoms with E-state index in [0.717, 1.165) is 17.9 Å². The molecule has 1 aromatic carbocycles. The predicted octanol–water partition coefficient (Wildman–Crippen LogP) is 2.05. The number of ether oxygens (including phenoxy) is 3. The lowest BCUT2D eigenvalue weighted by Gasteiger charge is -2.44. The molecule has 1 aromatic rings. The Kier molecular flexibility index (Phi) is 5.42. The summed E-state index contributed by atoms with van der Waals surface area (Å²) in [6.45, 7) is 3.39. The molecule has 0 N–H and O–H groups in total. The molecule has 5 heteroatoms. The van der Waals surface area contributed by atoms with Crippen LogP contribution in [0.5, 0.6) is 5.75 Å². The summed E-state index contributed by atoms with van der Waals surface area (Å²) in [6, 6.07) is 7.78. The van der Waals surface area contributed by atoms with E-state index in [9.17, 15) is 4.79 Å². The molecule has 1 saturated heterocycles. The van der Waals surface area contributed by atoms with Gasteiger partial charge in [-0.2, -0.15) is 0 Å². The molecular formula is C17H25NO4. The van der Waals surface area contributed by atoms with Crippen molar-refractivity contribution in [2.24, 2.45) is 5.92 Å². The van der Waals surface area contributed by atoms with E-state index < -0.39 is 5.60 Å². The van der Waals surface area contributed by atoms with E-state index in [2.05, 4.69) is 4.90 Å². The number of hydrogen-bond acceptors (Lipinski definition) is 5. The van der Waals surface area contributed by atoms with Crippen LogP contribution in [-0.4, -0.2) is 51.8 Å². The van der Waals surface area contributed by atoms with Crippen molar-refractivity contribution < 1.29 is 19.0 Å². The number of hydrogen-bond donors (Lipinski definition) is 0. The van der Waals surface area contributed by atoms with Gasteiger partial charge in [-0.1, -0.05) is 12.1 Å². The summed E-state index contributed by atoms with van der Waals surface area (Å²) in [7, 11) is 5.66. The maximum absolute atomic E-state index is 11.8. The molecule has 0 spiro atoms. The molecule has 0 saturated carbocycles. The van der Waals surface area contributed by atoms with Gasteiger partial charge in [0.25, 0.3) is 0 Å². The highest BCUT2D eigenvalue weighted by atomic mass is 16.6. The molecule has 2 rings (SSSR count). The Labute approximate surface area is 132 Å². The SMILES string of the molecule is COc1cccc([C@@]2(OC(C)=O)CCOC[C@H]2CN(C)C)c1. The van der Waals surface area contributed by atoms with Crippen molar-refractivity contribution >= 4 is 5.97 Å². The first-order valence-electron chi connectivity index (χ1n) is 7.54. The maximum Gasteiger partial charge on any atom is 0.303 e. The molecule has 1 aliphatic rings. The lowest BCUT2D eigenvalue weighted by atomic mass is 9.77. The fourth-order valence-electron chi connectivity index (χ4n) is 3.15. The van der Waals surface area contributed by atoms with Crippen molar-refractivity contribution in [3.63, 3.8) is 0 Å². The van der Waals surface area contributed by atoms with E-state index in [-0.39, 0.29) is 11.9 Å². The second-order valence-corrected chi connectivity index (χ2v) is 6.00. The molecule has 0 radical (unpaired) electrons. The highest BCUT2D eigenvalue weighted by Gasteiger charge is 2.46. The lowest BCUT2D eigenvalue weighted by Crippen LogP contribution is -2.49. The third-order valence-corrected chi connectivity index (χ3v) is 4.07. The van der Waals surface area contributed by atoms with E-state index in [1.165, 1.54) is 6.92 Å². The van der Waals surface area contributed by atoms with Gasteiger partial charge in [-0.25, -0.2) is 0 Å². The van der Waals surface area contributed by atoms with E-state index in [1.54, 1.807) is 7.11 Å². The number of esters is 1. The van der Waals surface area contributed by atoms with Crippen molar-refractivity contribution in [2.45, 2.75) is 18.9 Å². The molecule has 1 heterocycles. The maximum atomic E-state index is 11.8. The third kappa shape index (κ3) is 3.59. The highest BCUT2D eigenvalue weighted by molar-refractivity contribution is 5.67. The molecule has 0 bridgehead atoms. The van der Waals surface area contributed by atoms with Crippen LogP contribution in [0.15, 0.2) is 24.3 Å². The van der Waals surface area contributed by atoms with Gasteiger partial charge >= 0.3 is 5.97 Å². The molecule has 0 aliphatic carbocycles. The van der Waals surface area contributed by atoms with Crippen molar-refractivity contribution in [1.29, 1.82) is 0 Å². The molecule has 0 unspecified atom stereocenters. The van der Waals surface area contributed by atoms with Gasteiger partial charge < -0.3 is 19.1 Å². The summed E-state index contributed by atoms with van der Waals surface area (Å²) in [6.07, 6.45) is 0.651. The van der Waals surface area contributed by atoms with Gasteiger partial charge in [-0.05, 0) is 31.8 Å². The van der Waals surface area contributed by atoms with Gasteiger partial charge in [0.2, 0.25) is 0 Å². The molecule has 0 amide bonds. The van der Waals surface area contributed by atoms with E-state index in [0.29, 0.717) is 19.6 Å². The summed E-state index contributed by atoms with van der Waals surface area (Å²) in [5.41, 5.74) is 0.306. The van der Waals surface area contributed by atoms with Crippen molar-refractivity contribution in [3.05, 3.63) is 29.8 Å². The summed E-state index contributed by atoms with van der Waals surface area (Å²) >= 11 is 0. The fourth-order valence-corrected chi connectivity index (χ4v) is 3.15. The highest BCUT2D eigenvalue weighted by Crippen LogP contribution is 2.41. The van der Waals surface area contributed by atoms with E-state index >= 15 is 0 Å². The number of methoxy groups -OCH3 is 1. The number of carbonyl (C=O) groups is 1. The van der Waals surface area contributed by atoms with Crippen LogP contribution >= 0.6 is 0 Å². The van der Waals surface area contributed by atoms with Gasteiger partial charge in [0.1, 0.15) is 11.4 Å². The van der Waals surface area contributed by atoms with Crippen LogP contribution in [0.3, 0.4) is 0 Å². The van der Waals surface area contributed by atoms with Crippen molar-refractivity contribution in [1.82, 2.24) is 4.90 Å². The van der Waals surface area contributed by atoms with E-state index in [4.69, 9.17) is 14.2 Å².